The van der Waals surface area contributed by atoms with Crippen LogP contribution in [0.25, 0.3) is 10.9 Å². The molecule has 1 aromatic heterocycles. The summed E-state index contributed by atoms with van der Waals surface area (Å²) in [5.41, 5.74) is 0.371. The molecule has 0 amide bonds. The van der Waals surface area contributed by atoms with Gasteiger partial charge in [-0.3, -0.25) is 0 Å². The van der Waals surface area contributed by atoms with E-state index in [9.17, 15) is 18.3 Å². The number of halogens is 3. The van der Waals surface area contributed by atoms with Crippen LogP contribution in [-0.4, -0.2) is 28.6 Å². The summed E-state index contributed by atoms with van der Waals surface area (Å²) >= 11 is 0. The van der Waals surface area contributed by atoms with Crippen LogP contribution in [0.15, 0.2) is 24.3 Å². The molecule has 0 saturated heterocycles. The first-order valence-corrected chi connectivity index (χ1v) is 7.24. The van der Waals surface area contributed by atoms with Gasteiger partial charge in [-0.25, -0.2) is 4.98 Å². The van der Waals surface area contributed by atoms with Crippen LogP contribution in [0.5, 0.6) is 5.75 Å². The number of nitrogens with zero attached hydrogens (tertiary/aromatic N) is 1. The molecule has 0 aliphatic carbocycles. The number of benzene rings is 1. The second-order valence-electron chi connectivity index (χ2n) is 5.72. The summed E-state index contributed by atoms with van der Waals surface area (Å²) in [7, 11) is 0. The van der Waals surface area contributed by atoms with E-state index in [0.29, 0.717) is 23.2 Å². The average molecular weight is 328 g/mol. The van der Waals surface area contributed by atoms with Crippen molar-refractivity contribution in [3.63, 3.8) is 0 Å². The summed E-state index contributed by atoms with van der Waals surface area (Å²) in [4.78, 5) is 4.16. The van der Waals surface area contributed by atoms with Crippen LogP contribution < -0.4 is 10.1 Å². The number of rotatable bonds is 5. The Morgan fingerprint density at radius 3 is 2.61 bits per heavy atom. The van der Waals surface area contributed by atoms with Gasteiger partial charge in [0.15, 0.2) is 5.75 Å². The summed E-state index contributed by atoms with van der Waals surface area (Å²) in [6.45, 7) is 5.50. The zero-order valence-electron chi connectivity index (χ0n) is 13.2. The molecule has 0 aliphatic rings. The van der Waals surface area contributed by atoms with Crippen LogP contribution >= 0.6 is 0 Å². The summed E-state index contributed by atoms with van der Waals surface area (Å²) < 4.78 is 41.6. The first kappa shape index (κ1) is 17.3. The maximum absolute atomic E-state index is 12.5. The molecule has 2 rings (SSSR count). The topological polar surface area (TPSA) is 54.4 Å². The molecular weight excluding hydrogens is 309 g/mol. The lowest BCUT2D eigenvalue weighted by Crippen LogP contribution is -2.32. The van der Waals surface area contributed by atoms with E-state index in [0.717, 1.165) is 0 Å². The molecule has 7 heteroatoms. The third-order valence-corrected chi connectivity index (χ3v) is 3.58. The second-order valence-corrected chi connectivity index (χ2v) is 5.72. The number of hydrogen-bond donors (Lipinski definition) is 2. The first-order valence-electron chi connectivity index (χ1n) is 7.24. The largest absolute Gasteiger partial charge is 0.573 e. The van der Waals surface area contributed by atoms with Crippen molar-refractivity contribution in [1.82, 2.24) is 4.98 Å². The zero-order valence-corrected chi connectivity index (χ0v) is 13.2. The molecule has 0 radical (unpaired) electrons. The van der Waals surface area contributed by atoms with Gasteiger partial charge in [0.1, 0.15) is 5.52 Å². The fourth-order valence-electron chi connectivity index (χ4n) is 2.11. The van der Waals surface area contributed by atoms with Gasteiger partial charge in [0, 0.05) is 23.3 Å². The highest BCUT2D eigenvalue weighted by atomic mass is 19.4. The molecule has 0 spiro atoms. The summed E-state index contributed by atoms with van der Waals surface area (Å²) in [6, 6.07) is 6.09. The van der Waals surface area contributed by atoms with E-state index in [1.54, 1.807) is 26.0 Å². The van der Waals surface area contributed by atoms with Crippen LogP contribution in [0.2, 0.25) is 0 Å². The SMILES string of the molecule is CCC(C)(O)CNc1cc(C)nc2c(OC(F)(F)F)cccc12. The van der Waals surface area contributed by atoms with Crippen molar-refractivity contribution < 1.29 is 23.0 Å². The van der Waals surface area contributed by atoms with Crippen molar-refractivity contribution in [3.05, 3.63) is 30.0 Å². The lowest BCUT2D eigenvalue weighted by molar-refractivity contribution is -0.274. The summed E-state index contributed by atoms with van der Waals surface area (Å²) in [5.74, 6) is -0.344. The fraction of sp³-hybridized carbons (Fsp3) is 0.438. The minimum absolute atomic E-state index is 0.128. The maximum atomic E-state index is 12.5. The normalized spacial score (nSPS) is 14.6. The van der Waals surface area contributed by atoms with Crippen LogP contribution in [0.3, 0.4) is 0 Å². The monoisotopic (exact) mass is 328 g/mol. The van der Waals surface area contributed by atoms with E-state index in [1.165, 1.54) is 12.1 Å². The van der Waals surface area contributed by atoms with Crippen molar-refractivity contribution in [3.8, 4) is 5.75 Å². The van der Waals surface area contributed by atoms with E-state index in [-0.39, 0.29) is 17.8 Å². The predicted molar refractivity (Wildman–Crippen MR) is 82.6 cm³/mol. The molecule has 23 heavy (non-hydrogen) atoms. The van der Waals surface area contributed by atoms with Crippen molar-refractivity contribution in [2.45, 2.75) is 39.2 Å². The smallest absolute Gasteiger partial charge is 0.403 e. The van der Waals surface area contributed by atoms with Gasteiger partial charge in [-0.2, -0.15) is 0 Å². The lowest BCUT2D eigenvalue weighted by Gasteiger charge is -2.23. The Bertz CT molecular complexity index is 700. The molecule has 4 nitrogen and oxygen atoms in total. The fourth-order valence-corrected chi connectivity index (χ4v) is 2.11. The van der Waals surface area contributed by atoms with Crippen LogP contribution in [0.1, 0.15) is 26.0 Å². The minimum Gasteiger partial charge on any atom is -0.403 e. The first-order chi connectivity index (χ1) is 10.6. The molecule has 126 valence electrons. The second kappa shape index (κ2) is 6.23. The van der Waals surface area contributed by atoms with Gasteiger partial charge in [-0.15, -0.1) is 13.2 Å². The molecular formula is C16H19F3N2O2. The molecule has 2 N–H and O–H groups in total. The Balaban J connectivity index is 2.44. The van der Waals surface area contributed by atoms with Crippen molar-refractivity contribution in [2.24, 2.45) is 0 Å². The summed E-state index contributed by atoms with van der Waals surface area (Å²) in [6.07, 6.45) is -4.23. The third kappa shape index (κ3) is 4.48. The minimum atomic E-state index is -4.78. The van der Waals surface area contributed by atoms with Crippen LogP contribution in [-0.2, 0) is 0 Å². The highest BCUT2D eigenvalue weighted by Gasteiger charge is 2.32. The van der Waals surface area contributed by atoms with Crippen molar-refractivity contribution >= 4 is 16.6 Å². The number of alkyl halides is 3. The van der Waals surface area contributed by atoms with Gasteiger partial charge in [0.05, 0.1) is 5.60 Å². The number of hydrogen-bond acceptors (Lipinski definition) is 4. The maximum Gasteiger partial charge on any atom is 0.573 e. The predicted octanol–water partition coefficient (Wildman–Crippen LogP) is 4.01. The quantitative estimate of drug-likeness (QED) is 0.870. The van der Waals surface area contributed by atoms with Crippen molar-refractivity contribution in [2.75, 3.05) is 11.9 Å². The molecule has 1 atom stereocenters. The zero-order chi connectivity index (χ0) is 17.3. The molecule has 1 heterocycles. The highest BCUT2D eigenvalue weighted by Crippen LogP contribution is 2.33. The number of fused-ring (bicyclic) bond motifs is 1. The number of nitrogens with one attached hydrogen (secondary N) is 1. The number of para-hydroxylation sites is 1. The molecule has 0 bridgehead atoms. The van der Waals surface area contributed by atoms with Gasteiger partial charge in [0.2, 0.25) is 0 Å². The molecule has 0 saturated carbocycles. The number of aliphatic hydroxyl groups is 1. The number of aromatic nitrogens is 1. The average Bonchev–Trinajstić information content (AvgIpc) is 2.44. The van der Waals surface area contributed by atoms with Gasteiger partial charge in [0.25, 0.3) is 0 Å². The Morgan fingerprint density at radius 1 is 1.30 bits per heavy atom. The van der Waals surface area contributed by atoms with Crippen LogP contribution in [0.4, 0.5) is 18.9 Å². The van der Waals surface area contributed by atoms with E-state index in [1.807, 2.05) is 6.92 Å². The standard InChI is InChI=1S/C16H19F3N2O2/c1-4-15(3,22)9-20-12-8-10(2)21-14-11(12)6-5-7-13(14)23-16(17,18)19/h5-8,22H,4,9H2,1-3H3,(H,20,21). The number of ether oxygens (including phenoxy) is 1. The van der Waals surface area contributed by atoms with Gasteiger partial charge in [-0.1, -0.05) is 19.1 Å². The van der Waals surface area contributed by atoms with E-state index in [2.05, 4.69) is 15.0 Å². The molecule has 2 aromatic rings. The highest BCUT2D eigenvalue weighted by molar-refractivity contribution is 5.95. The Morgan fingerprint density at radius 2 is 2.00 bits per heavy atom. The lowest BCUT2D eigenvalue weighted by atomic mass is 10.0. The Labute approximate surface area is 132 Å². The third-order valence-electron chi connectivity index (χ3n) is 3.58. The van der Waals surface area contributed by atoms with Gasteiger partial charge < -0.3 is 15.2 Å². The summed E-state index contributed by atoms with van der Waals surface area (Å²) in [5, 5.41) is 13.7. The van der Waals surface area contributed by atoms with Crippen molar-refractivity contribution in [1.29, 1.82) is 0 Å². The Hall–Kier alpha value is -2.02. The molecule has 1 aromatic carbocycles. The number of aryl methyl sites for hydroxylation is 1. The number of pyridine rings is 1. The molecule has 0 aliphatic heterocycles. The van der Waals surface area contributed by atoms with Crippen LogP contribution in [0, 0.1) is 6.92 Å². The van der Waals surface area contributed by atoms with Gasteiger partial charge in [-0.05, 0) is 32.4 Å². The molecule has 1 unspecified atom stereocenters. The van der Waals surface area contributed by atoms with E-state index < -0.39 is 12.0 Å². The van der Waals surface area contributed by atoms with Gasteiger partial charge >= 0.3 is 6.36 Å². The Kier molecular flexibility index (Phi) is 4.70. The van der Waals surface area contributed by atoms with E-state index >= 15 is 0 Å². The molecule has 0 fully saturated rings. The van der Waals surface area contributed by atoms with E-state index in [4.69, 9.17) is 0 Å². The number of anilines is 1.